The number of rotatable bonds is 7. The zero-order chi connectivity index (χ0) is 22.5. The van der Waals surface area contributed by atoms with Gasteiger partial charge in [0.1, 0.15) is 22.1 Å². The molecule has 31 heavy (non-hydrogen) atoms. The molecule has 0 bridgehead atoms. The Hall–Kier alpha value is -3.07. The van der Waals surface area contributed by atoms with Crippen molar-refractivity contribution < 1.29 is 33.7 Å². The Bertz CT molecular complexity index is 984. The van der Waals surface area contributed by atoms with E-state index in [-0.39, 0.29) is 5.56 Å². The second-order valence-electron chi connectivity index (χ2n) is 7.24. The molecule has 0 radical (unpaired) electrons. The molecule has 0 spiro atoms. The first-order valence-electron chi connectivity index (χ1n) is 9.87. The number of carbonyl (C=O) groups is 3. The highest BCUT2D eigenvalue weighted by atomic mass is 32.1. The summed E-state index contributed by atoms with van der Waals surface area (Å²) in [5.74, 6) is -2.24. The van der Waals surface area contributed by atoms with E-state index < -0.39 is 29.7 Å². The molecular weight excluding hydrogens is 422 g/mol. The van der Waals surface area contributed by atoms with Gasteiger partial charge in [0.15, 0.2) is 0 Å². The lowest BCUT2D eigenvalue weighted by Crippen LogP contribution is -2.36. The van der Waals surface area contributed by atoms with Crippen LogP contribution in [0, 0.1) is 11.8 Å². The molecule has 0 saturated heterocycles. The number of carboxylic acid groups (broad SMARTS) is 1. The van der Waals surface area contributed by atoms with Gasteiger partial charge in [-0.2, -0.15) is 0 Å². The number of esters is 1. The molecule has 166 valence electrons. The summed E-state index contributed by atoms with van der Waals surface area (Å²) in [5.41, 5.74) is 1.39. The van der Waals surface area contributed by atoms with Gasteiger partial charge in [-0.25, -0.2) is 4.79 Å². The van der Waals surface area contributed by atoms with Gasteiger partial charge < -0.3 is 24.6 Å². The minimum absolute atomic E-state index is 0.201. The smallest absolute Gasteiger partial charge is 0.341 e. The molecular formula is C22H25NO7S. The summed E-state index contributed by atoms with van der Waals surface area (Å²) in [5, 5.41) is 14.3. The fourth-order valence-corrected chi connectivity index (χ4v) is 4.87. The molecule has 1 saturated carbocycles. The van der Waals surface area contributed by atoms with Crippen molar-refractivity contribution in [3.63, 3.8) is 0 Å². The zero-order valence-corrected chi connectivity index (χ0v) is 18.4. The third kappa shape index (κ3) is 4.66. The third-order valence-electron chi connectivity index (χ3n) is 5.54. The van der Waals surface area contributed by atoms with Gasteiger partial charge in [-0.05, 0) is 25.0 Å². The Morgan fingerprint density at radius 2 is 1.74 bits per heavy atom. The van der Waals surface area contributed by atoms with E-state index in [9.17, 15) is 19.5 Å². The van der Waals surface area contributed by atoms with Crippen molar-refractivity contribution in [3.05, 3.63) is 29.1 Å². The van der Waals surface area contributed by atoms with Crippen LogP contribution in [0.2, 0.25) is 0 Å². The van der Waals surface area contributed by atoms with Gasteiger partial charge in [-0.15, -0.1) is 11.3 Å². The molecule has 1 aromatic heterocycles. The van der Waals surface area contributed by atoms with Gasteiger partial charge in [-0.1, -0.05) is 12.8 Å². The second kappa shape index (κ2) is 9.82. The van der Waals surface area contributed by atoms with Crippen LogP contribution in [0.3, 0.4) is 0 Å². The molecule has 0 aliphatic heterocycles. The summed E-state index contributed by atoms with van der Waals surface area (Å²) in [4.78, 5) is 37.1. The van der Waals surface area contributed by atoms with E-state index in [1.807, 2.05) is 0 Å². The average molecular weight is 448 g/mol. The molecule has 1 aromatic carbocycles. The van der Waals surface area contributed by atoms with Crippen molar-refractivity contribution in [1.29, 1.82) is 0 Å². The molecule has 9 heteroatoms. The van der Waals surface area contributed by atoms with Crippen LogP contribution in [-0.4, -0.2) is 44.3 Å². The van der Waals surface area contributed by atoms with Crippen LogP contribution in [-0.2, 0) is 14.3 Å². The molecule has 2 atom stereocenters. The van der Waals surface area contributed by atoms with E-state index in [2.05, 4.69) is 5.32 Å². The predicted octanol–water partition coefficient (Wildman–Crippen LogP) is 4.05. The van der Waals surface area contributed by atoms with Crippen LogP contribution in [0.1, 0.15) is 36.0 Å². The first-order valence-corrected chi connectivity index (χ1v) is 10.7. The Morgan fingerprint density at radius 3 is 2.35 bits per heavy atom. The topological polar surface area (TPSA) is 111 Å². The van der Waals surface area contributed by atoms with Gasteiger partial charge in [0.05, 0.1) is 33.2 Å². The monoisotopic (exact) mass is 447 g/mol. The minimum Gasteiger partial charge on any atom is -0.497 e. The fourth-order valence-electron chi connectivity index (χ4n) is 3.92. The third-order valence-corrected chi connectivity index (χ3v) is 6.43. The summed E-state index contributed by atoms with van der Waals surface area (Å²) < 4.78 is 15.6. The first-order chi connectivity index (χ1) is 14.9. The van der Waals surface area contributed by atoms with E-state index in [4.69, 9.17) is 14.2 Å². The summed E-state index contributed by atoms with van der Waals surface area (Å²) in [7, 11) is 4.32. The number of carboxylic acids is 1. The molecule has 1 heterocycles. The number of hydrogen-bond acceptors (Lipinski definition) is 7. The maximum absolute atomic E-state index is 12.9. The number of amides is 1. The van der Waals surface area contributed by atoms with Crippen molar-refractivity contribution in [2.75, 3.05) is 26.6 Å². The Labute approximate surface area is 184 Å². The van der Waals surface area contributed by atoms with E-state index in [1.165, 1.54) is 25.6 Å². The van der Waals surface area contributed by atoms with Crippen LogP contribution in [0.4, 0.5) is 5.00 Å². The first kappa shape index (κ1) is 22.6. The normalized spacial score (nSPS) is 18.2. The lowest BCUT2D eigenvalue weighted by Gasteiger charge is -2.27. The molecule has 0 unspecified atom stereocenters. The molecule has 1 fully saturated rings. The summed E-state index contributed by atoms with van der Waals surface area (Å²) in [6.07, 6.45) is 2.55. The number of methoxy groups -OCH3 is 3. The number of aliphatic carboxylic acids is 1. The van der Waals surface area contributed by atoms with Crippen LogP contribution < -0.4 is 14.8 Å². The molecule has 1 amide bonds. The zero-order valence-electron chi connectivity index (χ0n) is 17.6. The van der Waals surface area contributed by atoms with Crippen molar-refractivity contribution in [2.45, 2.75) is 25.7 Å². The Morgan fingerprint density at radius 1 is 1.03 bits per heavy atom. The van der Waals surface area contributed by atoms with Crippen LogP contribution in [0.25, 0.3) is 11.1 Å². The number of carbonyl (C=O) groups excluding carboxylic acids is 2. The van der Waals surface area contributed by atoms with E-state index >= 15 is 0 Å². The van der Waals surface area contributed by atoms with Gasteiger partial charge in [-0.3, -0.25) is 9.59 Å². The van der Waals surface area contributed by atoms with Crippen LogP contribution >= 0.6 is 11.3 Å². The number of benzene rings is 1. The Kier molecular flexibility index (Phi) is 7.17. The van der Waals surface area contributed by atoms with Gasteiger partial charge in [0.25, 0.3) is 0 Å². The molecule has 2 aromatic rings. The minimum atomic E-state index is -0.970. The van der Waals surface area contributed by atoms with Gasteiger partial charge in [0.2, 0.25) is 5.91 Å². The number of hydrogen-bond donors (Lipinski definition) is 2. The van der Waals surface area contributed by atoms with Gasteiger partial charge >= 0.3 is 11.9 Å². The van der Waals surface area contributed by atoms with E-state index in [1.54, 1.807) is 30.7 Å². The highest BCUT2D eigenvalue weighted by Gasteiger charge is 2.36. The quantitative estimate of drug-likeness (QED) is 0.616. The lowest BCUT2D eigenvalue weighted by molar-refractivity contribution is -0.147. The van der Waals surface area contributed by atoms with Crippen molar-refractivity contribution in [2.24, 2.45) is 11.8 Å². The molecule has 2 N–H and O–H groups in total. The SMILES string of the molecule is COC(=O)c1c(-c2ccc(OC)cc2OC)csc1NC(=O)[C@H]1CCCC[C@H]1C(=O)O. The lowest BCUT2D eigenvalue weighted by atomic mass is 9.79. The number of nitrogens with one attached hydrogen (secondary N) is 1. The van der Waals surface area contributed by atoms with E-state index in [0.29, 0.717) is 40.5 Å². The molecule has 8 nitrogen and oxygen atoms in total. The number of thiophene rings is 1. The van der Waals surface area contributed by atoms with Crippen LogP contribution in [0.5, 0.6) is 11.5 Å². The average Bonchev–Trinajstić information content (AvgIpc) is 3.20. The van der Waals surface area contributed by atoms with Crippen LogP contribution in [0.15, 0.2) is 23.6 Å². The summed E-state index contributed by atoms with van der Waals surface area (Å²) in [6, 6.07) is 5.21. The molecule has 1 aliphatic carbocycles. The summed E-state index contributed by atoms with van der Waals surface area (Å²) in [6.45, 7) is 0. The standard InChI is InChI=1S/C22H25NO7S/c1-28-12-8-9-13(17(10-12)29-2)16-11-31-20(18(16)22(27)30-3)23-19(24)14-6-4-5-7-15(14)21(25)26/h8-11,14-15H,4-7H2,1-3H3,(H,23,24)(H,25,26)/t14-,15+/m0/s1. The summed E-state index contributed by atoms with van der Waals surface area (Å²) >= 11 is 1.18. The maximum atomic E-state index is 12.9. The number of ether oxygens (including phenoxy) is 3. The van der Waals surface area contributed by atoms with Crippen molar-refractivity contribution >= 4 is 34.2 Å². The Balaban J connectivity index is 1.98. The van der Waals surface area contributed by atoms with Gasteiger partial charge in [0, 0.05) is 22.6 Å². The van der Waals surface area contributed by atoms with Crippen molar-refractivity contribution in [3.8, 4) is 22.6 Å². The molecule has 1 aliphatic rings. The van der Waals surface area contributed by atoms with Crippen molar-refractivity contribution in [1.82, 2.24) is 0 Å². The number of anilines is 1. The predicted molar refractivity (Wildman–Crippen MR) is 116 cm³/mol. The largest absolute Gasteiger partial charge is 0.497 e. The second-order valence-corrected chi connectivity index (χ2v) is 8.12. The molecule has 3 rings (SSSR count). The maximum Gasteiger partial charge on any atom is 0.341 e. The van der Waals surface area contributed by atoms with E-state index in [0.717, 1.165) is 12.8 Å². The highest BCUT2D eigenvalue weighted by Crippen LogP contribution is 2.42. The highest BCUT2D eigenvalue weighted by molar-refractivity contribution is 7.15. The fraction of sp³-hybridized carbons (Fsp3) is 0.409.